The van der Waals surface area contributed by atoms with Gasteiger partial charge in [0.25, 0.3) is 0 Å². The van der Waals surface area contributed by atoms with E-state index in [4.69, 9.17) is 4.42 Å². The van der Waals surface area contributed by atoms with Gasteiger partial charge >= 0.3 is 0 Å². The zero-order valence-corrected chi connectivity index (χ0v) is 13.6. The smallest absolute Gasteiger partial charge is 0.220 e. The van der Waals surface area contributed by atoms with Crippen LogP contribution in [-0.4, -0.2) is 5.91 Å². The number of fused-ring (bicyclic) bond motifs is 1. The minimum Gasteiger partial charge on any atom is -0.464 e. The molecular formula is C18H16BrNO2. The molecule has 0 unspecified atom stereocenters. The summed E-state index contributed by atoms with van der Waals surface area (Å²) in [6.07, 6.45) is 2.91. The van der Waals surface area contributed by atoms with Crippen molar-refractivity contribution >= 4 is 32.8 Å². The summed E-state index contributed by atoms with van der Waals surface area (Å²) in [5.74, 6) is 0.0578. The first kappa shape index (κ1) is 14.9. The summed E-state index contributed by atoms with van der Waals surface area (Å²) >= 11 is 3.40. The van der Waals surface area contributed by atoms with Gasteiger partial charge in [-0.25, -0.2) is 0 Å². The molecule has 1 amide bonds. The van der Waals surface area contributed by atoms with Gasteiger partial charge in [0.2, 0.25) is 5.91 Å². The van der Waals surface area contributed by atoms with E-state index in [1.165, 1.54) is 0 Å². The van der Waals surface area contributed by atoms with Crippen LogP contribution in [0.5, 0.6) is 0 Å². The molecule has 0 atom stereocenters. The van der Waals surface area contributed by atoms with Crippen molar-refractivity contribution in [1.29, 1.82) is 0 Å². The molecule has 3 aromatic rings. The van der Waals surface area contributed by atoms with Gasteiger partial charge in [0, 0.05) is 22.8 Å². The molecular weight excluding hydrogens is 342 g/mol. The standard InChI is InChI=1S/C18H16BrNO2/c19-16-6-2-13(3-7-16)4-8-18(21)20-12-14-1-5-15-9-10-22-17(15)11-14/h1-3,5-7,9-11H,4,8,12H2,(H,20,21). The zero-order chi connectivity index (χ0) is 15.4. The SMILES string of the molecule is O=C(CCc1ccc(Br)cc1)NCc1ccc2ccoc2c1. The fourth-order valence-corrected chi connectivity index (χ4v) is 2.57. The number of furan rings is 1. The van der Waals surface area contributed by atoms with Gasteiger partial charge in [-0.15, -0.1) is 0 Å². The third-order valence-electron chi connectivity index (χ3n) is 3.56. The van der Waals surface area contributed by atoms with E-state index in [0.717, 1.165) is 33.0 Å². The van der Waals surface area contributed by atoms with Gasteiger partial charge in [-0.3, -0.25) is 4.79 Å². The molecule has 0 aliphatic heterocycles. The van der Waals surface area contributed by atoms with Crippen LogP contribution < -0.4 is 5.32 Å². The number of rotatable bonds is 5. The molecule has 0 saturated carbocycles. The van der Waals surface area contributed by atoms with Crippen molar-refractivity contribution < 1.29 is 9.21 Å². The highest BCUT2D eigenvalue weighted by atomic mass is 79.9. The second kappa shape index (κ2) is 6.79. The molecule has 3 rings (SSSR count). The Kier molecular flexibility index (Phi) is 4.59. The molecule has 1 heterocycles. The number of benzene rings is 2. The molecule has 0 saturated heterocycles. The van der Waals surface area contributed by atoms with Crippen LogP contribution in [-0.2, 0) is 17.8 Å². The Morgan fingerprint density at radius 1 is 1.05 bits per heavy atom. The van der Waals surface area contributed by atoms with Crippen LogP contribution in [0.1, 0.15) is 17.5 Å². The van der Waals surface area contributed by atoms with E-state index in [-0.39, 0.29) is 5.91 Å². The lowest BCUT2D eigenvalue weighted by atomic mass is 10.1. The Balaban J connectivity index is 1.50. The van der Waals surface area contributed by atoms with Crippen molar-refractivity contribution in [1.82, 2.24) is 5.32 Å². The molecule has 112 valence electrons. The maximum Gasteiger partial charge on any atom is 0.220 e. The number of amides is 1. The lowest BCUT2D eigenvalue weighted by Gasteiger charge is -2.06. The van der Waals surface area contributed by atoms with Crippen LogP contribution >= 0.6 is 15.9 Å². The molecule has 1 aromatic heterocycles. The molecule has 2 aromatic carbocycles. The van der Waals surface area contributed by atoms with E-state index in [1.807, 2.05) is 48.5 Å². The molecule has 0 aliphatic rings. The summed E-state index contributed by atoms with van der Waals surface area (Å²) in [5, 5.41) is 4.02. The lowest BCUT2D eigenvalue weighted by Crippen LogP contribution is -2.22. The minimum atomic E-state index is 0.0578. The van der Waals surface area contributed by atoms with Gasteiger partial charge < -0.3 is 9.73 Å². The molecule has 0 fully saturated rings. The maximum absolute atomic E-state index is 11.9. The van der Waals surface area contributed by atoms with Gasteiger partial charge in [0.05, 0.1) is 6.26 Å². The van der Waals surface area contributed by atoms with Gasteiger partial charge in [-0.2, -0.15) is 0 Å². The molecule has 1 N–H and O–H groups in total. The monoisotopic (exact) mass is 357 g/mol. The Morgan fingerprint density at radius 2 is 1.82 bits per heavy atom. The summed E-state index contributed by atoms with van der Waals surface area (Å²) < 4.78 is 6.41. The first-order valence-corrected chi connectivity index (χ1v) is 7.97. The average Bonchev–Trinajstić information content (AvgIpc) is 3.00. The second-order valence-electron chi connectivity index (χ2n) is 5.20. The second-order valence-corrected chi connectivity index (χ2v) is 6.11. The van der Waals surface area contributed by atoms with Crippen LogP contribution in [0.15, 0.2) is 63.7 Å². The molecule has 0 aliphatic carbocycles. The summed E-state index contributed by atoms with van der Waals surface area (Å²) in [6, 6.07) is 15.9. The Morgan fingerprint density at radius 3 is 2.64 bits per heavy atom. The van der Waals surface area contributed by atoms with E-state index in [9.17, 15) is 4.79 Å². The normalized spacial score (nSPS) is 10.8. The first-order chi connectivity index (χ1) is 10.7. The third kappa shape index (κ3) is 3.77. The van der Waals surface area contributed by atoms with Crippen LogP contribution in [0.25, 0.3) is 11.0 Å². The van der Waals surface area contributed by atoms with E-state index >= 15 is 0 Å². The number of carbonyl (C=O) groups excluding carboxylic acids is 1. The summed E-state index contributed by atoms with van der Waals surface area (Å²) in [6.45, 7) is 0.524. The fourth-order valence-electron chi connectivity index (χ4n) is 2.31. The summed E-state index contributed by atoms with van der Waals surface area (Å²) in [5.41, 5.74) is 3.05. The quantitative estimate of drug-likeness (QED) is 0.733. The van der Waals surface area contributed by atoms with E-state index in [1.54, 1.807) is 6.26 Å². The van der Waals surface area contributed by atoms with Crippen molar-refractivity contribution in [2.24, 2.45) is 0 Å². The van der Waals surface area contributed by atoms with Gasteiger partial charge in [-0.05, 0) is 41.8 Å². The van der Waals surface area contributed by atoms with Crippen molar-refractivity contribution in [2.45, 2.75) is 19.4 Å². The molecule has 0 radical (unpaired) electrons. The van der Waals surface area contributed by atoms with Crippen molar-refractivity contribution in [2.75, 3.05) is 0 Å². The number of aryl methyl sites for hydroxylation is 1. The predicted octanol–water partition coefficient (Wildman–Crippen LogP) is 4.44. The highest BCUT2D eigenvalue weighted by Crippen LogP contribution is 2.17. The first-order valence-electron chi connectivity index (χ1n) is 7.18. The fraction of sp³-hybridized carbons (Fsp3) is 0.167. The van der Waals surface area contributed by atoms with Gasteiger partial charge in [-0.1, -0.05) is 40.2 Å². The number of halogens is 1. The maximum atomic E-state index is 11.9. The Hall–Kier alpha value is -2.07. The summed E-state index contributed by atoms with van der Waals surface area (Å²) in [7, 11) is 0. The van der Waals surface area contributed by atoms with Crippen molar-refractivity contribution in [3.63, 3.8) is 0 Å². The van der Waals surface area contributed by atoms with Crippen LogP contribution in [0, 0.1) is 0 Å². The zero-order valence-electron chi connectivity index (χ0n) is 12.0. The van der Waals surface area contributed by atoms with E-state index in [2.05, 4.69) is 21.2 Å². The largest absolute Gasteiger partial charge is 0.464 e. The number of carbonyl (C=O) groups is 1. The van der Waals surface area contributed by atoms with E-state index in [0.29, 0.717) is 13.0 Å². The Bertz CT molecular complexity index is 777. The predicted molar refractivity (Wildman–Crippen MR) is 90.5 cm³/mol. The van der Waals surface area contributed by atoms with Crippen LogP contribution in [0.3, 0.4) is 0 Å². The number of hydrogen-bond acceptors (Lipinski definition) is 2. The van der Waals surface area contributed by atoms with E-state index < -0.39 is 0 Å². The van der Waals surface area contributed by atoms with Gasteiger partial charge in [0.1, 0.15) is 5.58 Å². The Labute approximate surface area is 137 Å². The number of nitrogens with one attached hydrogen (secondary N) is 1. The minimum absolute atomic E-state index is 0.0578. The lowest BCUT2D eigenvalue weighted by molar-refractivity contribution is -0.121. The third-order valence-corrected chi connectivity index (χ3v) is 4.09. The molecule has 0 bridgehead atoms. The summed E-state index contributed by atoms with van der Waals surface area (Å²) in [4.78, 5) is 11.9. The molecule has 4 heteroatoms. The molecule has 0 spiro atoms. The molecule has 22 heavy (non-hydrogen) atoms. The van der Waals surface area contributed by atoms with Crippen molar-refractivity contribution in [3.8, 4) is 0 Å². The van der Waals surface area contributed by atoms with Crippen LogP contribution in [0.2, 0.25) is 0 Å². The average molecular weight is 358 g/mol. The van der Waals surface area contributed by atoms with Gasteiger partial charge in [0.15, 0.2) is 0 Å². The molecule has 3 nitrogen and oxygen atoms in total. The highest BCUT2D eigenvalue weighted by molar-refractivity contribution is 9.10. The number of hydrogen-bond donors (Lipinski definition) is 1. The van der Waals surface area contributed by atoms with Crippen LogP contribution in [0.4, 0.5) is 0 Å². The topological polar surface area (TPSA) is 42.2 Å². The highest BCUT2D eigenvalue weighted by Gasteiger charge is 2.04. The van der Waals surface area contributed by atoms with Crippen molar-refractivity contribution in [3.05, 3.63) is 70.4 Å².